The van der Waals surface area contributed by atoms with Crippen LogP contribution in [0.3, 0.4) is 0 Å². The number of rotatable bonds is 10. The summed E-state index contributed by atoms with van der Waals surface area (Å²) in [4.78, 5) is 23.3. The van der Waals surface area contributed by atoms with Crippen LogP contribution in [-0.2, 0) is 14.3 Å². The van der Waals surface area contributed by atoms with Crippen molar-refractivity contribution in [2.75, 3.05) is 39.9 Å². The van der Waals surface area contributed by atoms with Crippen LogP contribution >= 0.6 is 12.4 Å². The van der Waals surface area contributed by atoms with Crippen LogP contribution in [0, 0.1) is 5.92 Å². The van der Waals surface area contributed by atoms with Crippen molar-refractivity contribution in [3.8, 4) is 0 Å². The van der Waals surface area contributed by atoms with E-state index >= 15 is 0 Å². The summed E-state index contributed by atoms with van der Waals surface area (Å²) in [5.41, 5.74) is 0. The Balaban J connectivity index is 0.00000441. The van der Waals surface area contributed by atoms with Crippen LogP contribution in [0.1, 0.15) is 38.5 Å². The number of halogens is 1. The number of methoxy groups -OCH3 is 1. The minimum absolute atomic E-state index is 0. The van der Waals surface area contributed by atoms with E-state index in [1.54, 1.807) is 7.11 Å². The molecule has 6 nitrogen and oxygen atoms in total. The molecule has 1 saturated carbocycles. The predicted molar refractivity (Wildman–Crippen MR) is 89.2 cm³/mol. The molecule has 0 heterocycles. The second kappa shape index (κ2) is 13.8. The summed E-state index contributed by atoms with van der Waals surface area (Å²) < 4.78 is 4.90. The van der Waals surface area contributed by atoms with Gasteiger partial charge in [0.25, 0.3) is 0 Å². The molecule has 130 valence electrons. The molecule has 3 N–H and O–H groups in total. The van der Waals surface area contributed by atoms with Crippen LogP contribution in [0.2, 0.25) is 0 Å². The fourth-order valence-corrected chi connectivity index (χ4v) is 2.56. The molecule has 1 aliphatic carbocycles. The van der Waals surface area contributed by atoms with Crippen LogP contribution in [0.5, 0.6) is 0 Å². The molecule has 1 aliphatic rings. The number of nitrogens with one attached hydrogen (secondary N) is 3. The summed E-state index contributed by atoms with van der Waals surface area (Å²) >= 11 is 0. The van der Waals surface area contributed by atoms with E-state index in [2.05, 4.69) is 16.0 Å². The molecule has 0 radical (unpaired) electrons. The molecule has 1 rings (SSSR count). The van der Waals surface area contributed by atoms with Crippen molar-refractivity contribution in [3.05, 3.63) is 0 Å². The van der Waals surface area contributed by atoms with Gasteiger partial charge in [0, 0.05) is 33.2 Å². The first-order valence-electron chi connectivity index (χ1n) is 7.95. The fraction of sp³-hybridized carbons (Fsp3) is 0.867. The minimum Gasteiger partial charge on any atom is -0.383 e. The van der Waals surface area contributed by atoms with Crippen LogP contribution in [0.4, 0.5) is 0 Å². The normalized spacial score (nSPS) is 15.0. The summed E-state index contributed by atoms with van der Waals surface area (Å²) in [6.07, 6.45) is 6.60. The Morgan fingerprint density at radius 1 is 1.00 bits per heavy atom. The first-order chi connectivity index (χ1) is 10.2. The smallest absolute Gasteiger partial charge is 0.239 e. The molecule has 0 bridgehead atoms. The summed E-state index contributed by atoms with van der Waals surface area (Å²) in [5, 5.41) is 8.59. The van der Waals surface area contributed by atoms with Crippen LogP contribution in [0.25, 0.3) is 0 Å². The molecule has 0 unspecified atom stereocenters. The number of amides is 2. The van der Waals surface area contributed by atoms with Crippen LogP contribution in [-0.4, -0.2) is 51.7 Å². The Hall–Kier alpha value is -0.850. The van der Waals surface area contributed by atoms with Gasteiger partial charge in [0.1, 0.15) is 0 Å². The maximum absolute atomic E-state index is 11.7. The van der Waals surface area contributed by atoms with Gasteiger partial charge in [0.15, 0.2) is 0 Å². The van der Waals surface area contributed by atoms with Gasteiger partial charge < -0.3 is 20.7 Å². The van der Waals surface area contributed by atoms with Gasteiger partial charge in [-0.3, -0.25) is 9.59 Å². The Labute approximate surface area is 139 Å². The highest BCUT2D eigenvalue weighted by Gasteiger charge is 2.17. The molecule has 7 heteroatoms. The Morgan fingerprint density at radius 3 is 2.41 bits per heavy atom. The zero-order valence-electron chi connectivity index (χ0n) is 13.5. The lowest BCUT2D eigenvalue weighted by atomic mass is 9.87. The van der Waals surface area contributed by atoms with Gasteiger partial charge in [0.2, 0.25) is 11.8 Å². The molecule has 22 heavy (non-hydrogen) atoms. The molecular weight excluding hydrogens is 306 g/mol. The number of hydrogen-bond donors (Lipinski definition) is 3. The van der Waals surface area contributed by atoms with E-state index in [0.29, 0.717) is 32.0 Å². The monoisotopic (exact) mass is 335 g/mol. The van der Waals surface area contributed by atoms with E-state index in [0.717, 1.165) is 19.4 Å². The highest BCUT2D eigenvalue weighted by Crippen LogP contribution is 2.25. The largest absolute Gasteiger partial charge is 0.383 e. The van der Waals surface area contributed by atoms with E-state index in [9.17, 15) is 9.59 Å². The molecule has 0 aromatic heterocycles. The fourth-order valence-electron chi connectivity index (χ4n) is 2.56. The van der Waals surface area contributed by atoms with Gasteiger partial charge in [0.05, 0.1) is 13.2 Å². The van der Waals surface area contributed by atoms with Gasteiger partial charge in [-0.1, -0.05) is 19.3 Å². The summed E-state index contributed by atoms with van der Waals surface area (Å²) in [7, 11) is 1.65. The van der Waals surface area contributed by atoms with Gasteiger partial charge in [-0.25, -0.2) is 0 Å². The number of hydrogen-bond acceptors (Lipinski definition) is 4. The second-order valence-electron chi connectivity index (χ2n) is 5.58. The third-order valence-corrected chi connectivity index (χ3v) is 3.75. The maximum atomic E-state index is 11.7. The van der Waals surface area contributed by atoms with Crippen molar-refractivity contribution in [1.29, 1.82) is 0 Å². The van der Waals surface area contributed by atoms with E-state index in [1.165, 1.54) is 19.3 Å². The first-order valence-corrected chi connectivity index (χ1v) is 7.95. The van der Waals surface area contributed by atoms with Gasteiger partial charge >= 0.3 is 0 Å². The van der Waals surface area contributed by atoms with Crippen LogP contribution in [0.15, 0.2) is 0 Å². The van der Waals surface area contributed by atoms with Gasteiger partial charge in [-0.15, -0.1) is 12.4 Å². The lowest BCUT2D eigenvalue weighted by molar-refractivity contribution is -0.126. The van der Waals surface area contributed by atoms with Crippen molar-refractivity contribution in [2.24, 2.45) is 5.92 Å². The Morgan fingerprint density at radius 2 is 1.73 bits per heavy atom. The highest BCUT2D eigenvalue weighted by atomic mass is 35.5. The molecule has 0 aliphatic heterocycles. The van der Waals surface area contributed by atoms with Crippen molar-refractivity contribution in [2.45, 2.75) is 38.5 Å². The third kappa shape index (κ3) is 10.8. The number of carbonyl (C=O) groups is 2. The summed E-state index contributed by atoms with van der Waals surface area (Å²) in [6.45, 7) is 2.76. The van der Waals surface area contributed by atoms with E-state index in [1.807, 2.05) is 0 Å². The van der Waals surface area contributed by atoms with Crippen molar-refractivity contribution in [1.82, 2.24) is 16.0 Å². The lowest BCUT2D eigenvalue weighted by Crippen LogP contribution is -2.40. The average Bonchev–Trinajstić information content (AvgIpc) is 2.50. The summed E-state index contributed by atoms with van der Waals surface area (Å²) in [6, 6.07) is 0. The highest BCUT2D eigenvalue weighted by molar-refractivity contribution is 5.85. The van der Waals surface area contributed by atoms with Crippen molar-refractivity contribution >= 4 is 24.2 Å². The van der Waals surface area contributed by atoms with Crippen molar-refractivity contribution in [3.63, 3.8) is 0 Å². The quantitative estimate of drug-likeness (QED) is 0.517. The van der Waals surface area contributed by atoms with E-state index < -0.39 is 0 Å². The summed E-state index contributed by atoms with van der Waals surface area (Å²) in [5.74, 6) is 0.364. The number of ether oxygens (including phenoxy) is 1. The SMILES string of the molecule is COCCNCCNC(=O)CNC(=O)CC1CCCCC1.Cl. The molecule has 0 atom stereocenters. The zero-order chi connectivity index (χ0) is 15.3. The van der Waals surface area contributed by atoms with Crippen molar-refractivity contribution < 1.29 is 14.3 Å². The zero-order valence-corrected chi connectivity index (χ0v) is 14.3. The Kier molecular flexibility index (Phi) is 13.3. The van der Waals surface area contributed by atoms with Gasteiger partial charge in [-0.2, -0.15) is 0 Å². The molecule has 0 aromatic rings. The molecule has 2 amide bonds. The molecule has 0 spiro atoms. The molecule has 1 fully saturated rings. The van der Waals surface area contributed by atoms with Gasteiger partial charge in [-0.05, 0) is 18.8 Å². The molecule has 0 aromatic carbocycles. The van der Waals surface area contributed by atoms with E-state index in [4.69, 9.17) is 4.74 Å². The Bertz CT molecular complexity index is 310. The second-order valence-corrected chi connectivity index (χ2v) is 5.58. The molecular formula is C15H30ClN3O3. The average molecular weight is 336 g/mol. The van der Waals surface area contributed by atoms with E-state index in [-0.39, 0.29) is 30.8 Å². The topological polar surface area (TPSA) is 79.5 Å². The third-order valence-electron chi connectivity index (χ3n) is 3.75. The molecule has 0 saturated heterocycles. The standard InChI is InChI=1S/C15H29N3O3.ClH/c1-21-10-9-16-7-8-17-15(20)12-18-14(19)11-13-5-3-2-4-6-13;/h13,16H,2-12H2,1H3,(H,17,20)(H,18,19);1H. The van der Waals surface area contributed by atoms with Crippen LogP contribution < -0.4 is 16.0 Å². The predicted octanol–water partition coefficient (Wildman–Crippen LogP) is 0.847. The minimum atomic E-state index is -0.138. The lowest BCUT2D eigenvalue weighted by Gasteiger charge is -2.20. The number of carbonyl (C=O) groups excluding carboxylic acids is 2. The first kappa shape index (κ1) is 21.1. The maximum Gasteiger partial charge on any atom is 0.239 e.